The van der Waals surface area contributed by atoms with Gasteiger partial charge in [0, 0.05) is 13.3 Å². The van der Waals surface area contributed by atoms with Gasteiger partial charge >= 0.3 is 6.18 Å². The van der Waals surface area contributed by atoms with E-state index in [1.54, 1.807) is 0 Å². The lowest BCUT2D eigenvalue weighted by atomic mass is 10.1. The number of carbonyl (C=O) groups is 1. The average molecular weight is 249 g/mol. The predicted molar refractivity (Wildman–Crippen MR) is 53.8 cm³/mol. The maximum Gasteiger partial charge on any atom is 0.408 e. The lowest BCUT2D eigenvalue weighted by Gasteiger charge is -2.20. The summed E-state index contributed by atoms with van der Waals surface area (Å²) in [6.07, 6.45) is -4.94. The van der Waals surface area contributed by atoms with Crippen molar-refractivity contribution >= 4 is 5.91 Å². The number of nitrogens with one attached hydrogen (secondary N) is 1. The Morgan fingerprint density at radius 1 is 1.29 bits per heavy atom. The first kappa shape index (κ1) is 13.5. The van der Waals surface area contributed by atoms with Crippen LogP contribution in [0.2, 0.25) is 0 Å². The smallest absolute Gasteiger partial charge is 0.344 e. The molecule has 0 saturated carbocycles. The zero-order valence-electron chi connectivity index (χ0n) is 9.01. The van der Waals surface area contributed by atoms with Crippen LogP contribution in [0, 0.1) is 5.82 Å². The first-order valence-electron chi connectivity index (χ1n) is 4.87. The number of hydrogen-bond donors (Lipinski definition) is 1. The summed E-state index contributed by atoms with van der Waals surface area (Å²) in [4.78, 5) is 10.7. The van der Waals surface area contributed by atoms with Gasteiger partial charge in [0.1, 0.15) is 11.9 Å². The number of rotatable bonds is 3. The van der Waals surface area contributed by atoms with Gasteiger partial charge in [-0.2, -0.15) is 13.2 Å². The fourth-order valence-electron chi connectivity index (χ4n) is 1.35. The van der Waals surface area contributed by atoms with Crippen LogP contribution in [0.5, 0.6) is 0 Å². The van der Waals surface area contributed by atoms with Crippen LogP contribution < -0.4 is 5.32 Å². The molecule has 94 valence electrons. The van der Waals surface area contributed by atoms with E-state index in [1.807, 2.05) is 5.32 Å². The third-order valence-electron chi connectivity index (χ3n) is 2.13. The molecule has 1 atom stereocenters. The highest BCUT2D eigenvalue weighted by Crippen LogP contribution is 2.23. The molecule has 0 saturated heterocycles. The molecular formula is C11H11F4NO. The Hall–Kier alpha value is -1.59. The van der Waals surface area contributed by atoms with Crippen molar-refractivity contribution in [2.45, 2.75) is 25.6 Å². The molecule has 0 aromatic heterocycles. The lowest BCUT2D eigenvalue weighted by molar-refractivity contribution is -0.160. The van der Waals surface area contributed by atoms with Gasteiger partial charge in [-0.1, -0.05) is 12.1 Å². The fourth-order valence-corrected chi connectivity index (χ4v) is 1.35. The van der Waals surface area contributed by atoms with Crippen molar-refractivity contribution in [3.8, 4) is 0 Å². The van der Waals surface area contributed by atoms with Gasteiger partial charge in [-0.05, 0) is 17.7 Å². The van der Waals surface area contributed by atoms with E-state index in [9.17, 15) is 22.4 Å². The highest BCUT2D eigenvalue weighted by Gasteiger charge is 2.40. The minimum Gasteiger partial charge on any atom is -0.344 e. The summed E-state index contributed by atoms with van der Waals surface area (Å²) >= 11 is 0. The molecule has 0 aliphatic carbocycles. The van der Waals surface area contributed by atoms with Gasteiger partial charge in [0.25, 0.3) is 0 Å². The third kappa shape index (κ3) is 4.42. The van der Waals surface area contributed by atoms with Gasteiger partial charge in [-0.15, -0.1) is 0 Å². The van der Waals surface area contributed by atoms with E-state index >= 15 is 0 Å². The van der Waals surface area contributed by atoms with Crippen LogP contribution in [0.1, 0.15) is 12.5 Å². The Balaban J connectivity index is 2.79. The average Bonchev–Trinajstić information content (AvgIpc) is 2.18. The third-order valence-corrected chi connectivity index (χ3v) is 2.13. The van der Waals surface area contributed by atoms with Crippen LogP contribution in [-0.2, 0) is 11.2 Å². The summed E-state index contributed by atoms with van der Waals surface area (Å²) in [5, 5.41) is 1.83. The van der Waals surface area contributed by atoms with Gasteiger partial charge in [-0.3, -0.25) is 4.79 Å². The van der Waals surface area contributed by atoms with E-state index in [0.717, 1.165) is 19.1 Å². The standard InChI is InChI=1S/C11H11F4NO/c1-7(17)16-10(11(13,14)15)6-8-2-4-9(12)5-3-8/h2-5,10H,6H2,1H3,(H,16,17)/t10-/m0/s1. The second kappa shape index (κ2) is 5.16. The highest BCUT2D eigenvalue weighted by molar-refractivity contribution is 5.73. The van der Waals surface area contributed by atoms with E-state index in [2.05, 4.69) is 0 Å². The number of amides is 1. The quantitative estimate of drug-likeness (QED) is 0.819. The molecule has 0 heterocycles. The summed E-state index contributed by atoms with van der Waals surface area (Å²) in [7, 11) is 0. The van der Waals surface area contributed by atoms with E-state index < -0.39 is 30.4 Å². The molecule has 1 aromatic carbocycles. The van der Waals surface area contributed by atoms with Crippen LogP contribution in [0.3, 0.4) is 0 Å². The molecule has 0 aliphatic heterocycles. The molecule has 0 radical (unpaired) electrons. The first-order chi connectivity index (χ1) is 7.79. The van der Waals surface area contributed by atoms with Gasteiger partial charge in [0.15, 0.2) is 0 Å². The van der Waals surface area contributed by atoms with Crippen LogP contribution >= 0.6 is 0 Å². The van der Waals surface area contributed by atoms with Gasteiger partial charge < -0.3 is 5.32 Å². The summed E-state index contributed by atoms with van der Waals surface area (Å²) in [6.45, 7) is 1.02. The molecule has 0 spiro atoms. The van der Waals surface area contributed by atoms with E-state index in [-0.39, 0.29) is 0 Å². The Morgan fingerprint density at radius 2 is 1.82 bits per heavy atom. The number of carbonyl (C=O) groups excluding carboxylic acids is 1. The SMILES string of the molecule is CC(=O)N[C@@H](Cc1ccc(F)cc1)C(F)(F)F. The molecule has 0 unspecified atom stereocenters. The van der Waals surface area contributed by atoms with Crippen LogP contribution in [-0.4, -0.2) is 18.1 Å². The van der Waals surface area contributed by atoms with Gasteiger partial charge in [0.05, 0.1) is 0 Å². The molecule has 0 fully saturated rings. The van der Waals surface area contributed by atoms with E-state index in [1.165, 1.54) is 12.1 Å². The van der Waals surface area contributed by atoms with Crippen LogP contribution in [0.15, 0.2) is 24.3 Å². The number of hydrogen-bond acceptors (Lipinski definition) is 1. The number of halogens is 4. The maximum absolute atomic E-state index is 12.6. The lowest BCUT2D eigenvalue weighted by Crippen LogP contribution is -2.46. The zero-order valence-corrected chi connectivity index (χ0v) is 9.01. The van der Waals surface area contributed by atoms with Crippen molar-refractivity contribution in [3.05, 3.63) is 35.6 Å². The largest absolute Gasteiger partial charge is 0.408 e. The zero-order chi connectivity index (χ0) is 13.1. The molecule has 1 amide bonds. The predicted octanol–water partition coefficient (Wildman–Crippen LogP) is 2.44. The van der Waals surface area contributed by atoms with Crippen molar-refractivity contribution in [2.75, 3.05) is 0 Å². The molecule has 1 rings (SSSR count). The highest BCUT2D eigenvalue weighted by atomic mass is 19.4. The molecule has 2 nitrogen and oxygen atoms in total. The van der Waals surface area contributed by atoms with Crippen molar-refractivity contribution in [2.24, 2.45) is 0 Å². The van der Waals surface area contributed by atoms with Gasteiger partial charge in [0.2, 0.25) is 5.91 Å². The van der Waals surface area contributed by atoms with Gasteiger partial charge in [-0.25, -0.2) is 4.39 Å². The fraction of sp³-hybridized carbons (Fsp3) is 0.364. The van der Waals surface area contributed by atoms with E-state index in [0.29, 0.717) is 5.56 Å². The molecule has 6 heteroatoms. The molecule has 17 heavy (non-hydrogen) atoms. The molecule has 0 aliphatic rings. The van der Waals surface area contributed by atoms with Crippen LogP contribution in [0.25, 0.3) is 0 Å². The molecule has 1 N–H and O–H groups in total. The Morgan fingerprint density at radius 3 is 2.24 bits per heavy atom. The van der Waals surface area contributed by atoms with Crippen molar-refractivity contribution in [3.63, 3.8) is 0 Å². The Bertz CT molecular complexity index is 385. The first-order valence-corrected chi connectivity index (χ1v) is 4.87. The van der Waals surface area contributed by atoms with Crippen molar-refractivity contribution in [1.29, 1.82) is 0 Å². The Labute approximate surface area is 95.6 Å². The summed E-state index contributed by atoms with van der Waals surface area (Å²) in [5.41, 5.74) is 0.308. The van der Waals surface area contributed by atoms with Crippen molar-refractivity contribution in [1.82, 2.24) is 5.32 Å². The molecule has 1 aromatic rings. The maximum atomic E-state index is 12.6. The number of alkyl halides is 3. The Kier molecular flexibility index (Phi) is 4.09. The van der Waals surface area contributed by atoms with E-state index in [4.69, 9.17) is 0 Å². The monoisotopic (exact) mass is 249 g/mol. The van der Waals surface area contributed by atoms with Crippen molar-refractivity contribution < 1.29 is 22.4 Å². The summed E-state index contributed by atoms with van der Waals surface area (Å²) in [5.74, 6) is -1.27. The second-order valence-corrected chi connectivity index (χ2v) is 3.63. The second-order valence-electron chi connectivity index (χ2n) is 3.63. The minimum atomic E-state index is -4.53. The molecule has 0 bridgehead atoms. The summed E-state index contributed by atoms with van der Waals surface area (Å²) < 4.78 is 50.2. The summed E-state index contributed by atoms with van der Waals surface area (Å²) in [6, 6.07) is 2.73. The topological polar surface area (TPSA) is 29.1 Å². The van der Waals surface area contributed by atoms with Crippen LogP contribution in [0.4, 0.5) is 17.6 Å². The minimum absolute atomic E-state index is 0.308. The number of benzene rings is 1. The molecular weight excluding hydrogens is 238 g/mol. The normalized spacial score (nSPS) is 13.2.